The minimum Gasteiger partial charge on any atom is -0.395 e. The number of aliphatic hydroxyl groups is 1. The van der Waals surface area contributed by atoms with Gasteiger partial charge in [0.2, 0.25) is 0 Å². The van der Waals surface area contributed by atoms with Gasteiger partial charge in [-0.05, 0) is 18.6 Å². The molecule has 0 amide bonds. The molecular formula is C11H14F2O. The van der Waals surface area contributed by atoms with Gasteiger partial charge < -0.3 is 5.11 Å². The lowest BCUT2D eigenvalue weighted by molar-refractivity contribution is 0.210. The molecule has 0 atom stereocenters. The van der Waals surface area contributed by atoms with Crippen LogP contribution in [0.4, 0.5) is 8.78 Å². The lowest BCUT2D eigenvalue weighted by Crippen LogP contribution is -2.25. The maximum absolute atomic E-state index is 13.6. The molecule has 14 heavy (non-hydrogen) atoms. The number of hydrogen-bond donors (Lipinski definition) is 1. The molecule has 0 aliphatic heterocycles. The molecule has 0 fully saturated rings. The van der Waals surface area contributed by atoms with Crippen LogP contribution in [0, 0.1) is 18.6 Å². The third kappa shape index (κ3) is 1.77. The highest BCUT2D eigenvalue weighted by Gasteiger charge is 2.27. The van der Waals surface area contributed by atoms with Crippen LogP contribution in [0.5, 0.6) is 0 Å². The van der Waals surface area contributed by atoms with Crippen molar-refractivity contribution in [2.45, 2.75) is 26.2 Å². The number of aliphatic hydroxyl groups excluding tert-OH is 1. The van der Waals surface area contributed by atoms with Crippen molar-refractivity contribution in [3.8, 4) is 0 Å². The smallest absolute Gasteiger partial charge is 0.132 e. The summed E-state index contributed by atoms with van der Waals surface area (Å²) >= 11 is 0. The number of aryl methyl sites for hydroxylation is 1. The molecule has 0 bridgehead atoms. The van der Waals surface area contributed by atoms with E-state index in [1.165, 1.54) is 12.1 Å². The quantitative estimate of drug-likeness (QED) is 0.777. The Bertz CT molecular complexity index is 345. The Hall–Kier alpha value is -0.960. The summed E-state index contributed by atoms with van der Waals surface area (Å²) in [6.45, 7) is 4.50. The zero-order valence-electron chi connectivity index (χ0n) is 8.56. The molecule has 0 heterocycles. The molecule has 0 aromatic heterocycles. The first-order valence-corrected chi connectivity index (χ1v) is 4.46. The standard InChI is InChI=1S/C11H14F2O/c1-7-4-5-8(12)9(10(7)13)11(2,3)6-14/h4-5,14H,6H2,1-3H3. The second-order valence-electron chi connectivity index (χ2n) is 4.10. The molecule has 1 aromatic rings. The van der Waals surface area contributed by atoms with Gasteiger partial charge in [0, 0.05) is 11.0 Å². The van der Waals surface area contributed by atoms with E-state index in [9.17, 15) is 8.78 Å². The molecule has 0 spiro atoms. The Morgan fingerprint density at radius 1 is 1.29 bits per heavy atom. The van der Waals surface area contributed by atoms with Crippen LogP contribution < -0.4 is 0 Å². The number of rotatable bonds is 2. The molecule has 0 saturated carbocycles. The van der Waals surface area contributed by atoms with Crippen molar-refractivity contribution in [3.05, 3.63) is 34.9 Å². The number of hydrogen-bond acceptors (Lipinski definition) is 1. The summed E-state index contributed by atoms with van der Waals surface area (Å²) in [5.41, 5.74) is -0.539. The van der Waals surface area contributed by atoms with E-state index in [0.29, 0.717) is 5.56 Å². The third-order valence-electron chi connectivity index (χ3n) is 2.36. The number of benzene rings is 1. The molecule has 1 aromatic carbocycles. The average molecular weight is 200 g/mol. The number of halogens is 2. The van der Waals surface area contributed by atoms with Crippen molar-refractivity contribution in [1.82, 2.24) is 0 Å². The van der Waals surface area contributed by atoms with Crippen molar-refractivity contribution >= 4 is 0 Å². The fraction of sp³-hybridized carbons (Fsp3) is 0.455. The molecule has 0 saturated heterocycles. The zero-order valence-corrected chi connectivity index (χ0v) is 8.56. The summed E-state index contributed by atoms with van der Waals surface area (Å²) in [5, 5.41) is 9.05. The predicted octanol–water partition coefficient (Wildman–Crippen LogP) is 2.54. The first-order valence-electron chi connectivity index (χ1n) is 4.46. The Labute approximate surface area is 82.4 Å². The van der Waals surface area contributed by atoms with Crippen LogP contribution in [0.1, 0.15) is 25.0 Å². The van der Waals surface area contributed by atoms with Crippen LogP contribution in [0.25, 0.3) is 0 Å². The minimum absolute atomic E-state index is 0.0417. The molecule has 0 radical (unpaired) electrons. The van der Waals surface area contributed by atoms with Crippen LogP contribution >= 0.6 is 0 Å². The first kappa shape index (κ1) is 11.1. The fourth-order valence-electron chi connectivity index (χ4n) is 1.36. The molecular weight excluding hydrogens is 186 g/mol. The summed E-state index contributed by atoms with van der Waals surface area (Å²) in [6.07, 6.45) is 0. The maximum atomic E-state index is 13.6. The average Bonchev–Trinajstić information content (AvgIpc) is 2.12. The van der Waals surface area contributed by atoms with Gasteiger partial charge in [0.05, 0.1) is 6.61 Å². The highest BCUT2D eigenvalue weighted by atomic mass is 19.1. The van der Waals surface area contributed by atoms with E-state index in [0.717, 1.165) is 0 Å². The Kier molecular flexibility index (Phi) is 2.90. The Morgan fingerprint density at radius 2 is 1.86 bits per heavy atom. The Balaban J connectivity index is 3.40. The van der Waals surface area contributed by atoms with Crippen LogP contribution in [-0.2, 0) is 5.41 Å². The molecule has 1 rings (SSSR count). The summed E-state index contributed by atoms with van der Waals surface area (Å²) < 4.78 is 27.0. The summed E-state index contributed by atoms with van der Waals surface area (Å²) in [6, 6.07) is 2.62. The van der Waals surface area contributed by atoms with E-state index in [4.69, 9.17) is 5.11 Å². The van der Waals surface area contributed by atoms with Gasteiger partial charge in [-0.2, -0.15) is 0 Å². The van der Waals surface area contributed by atoms with Gasteiger partial charge in [-0.3, -0.25) is 0 Å². The van der Waals surface area contributed by atoms with E-state index < -0.39 is 17.0 Å². The van der Waals surface area contributed by atoms with Crippen molar-refractivity contribution in [1.29, 1.82) is 0 Å². The van der Waals surface area contributed by atoms with E-state index >= 15 is 0 Å². The Morgan fingerprint density at radius 3 is 2.36 bits per heavy atom. The zero-order chi connectivity index (χ0) is 10.9. The molecule has 78 valence electrons. The summed E-state index contributed by atoms with van der Waals surface area (Å²) in [7, 11) is 0. The highest BCUT2D eigenvalue weighted by molar-refractivity contribution is 5.32. The molecule has 1 N–H and O–H groups in total. The van der Waals surface area contributed by atoms with Gasteiger partial charge in [-0.15, -0.1) is 0 Å². The van der Waals surface area contributed by atoms with Crippen molar-refractivity contribution < 1.29 is 13.9 Å². The normalized spacial score (nSPS) is 11.9. The molecule has 1 nitrogen and oxygen atoms in total. The maximum Gasteiger partial charge on any atom is 0.132 e. The molecule has 3 heteroatoms. The van der Waals surface area contributed by atoms with Crippen molar-refractivity contribution in [2.24, 2.45) is 0 Å². The topological polar surface area (TPSA) is 20.2 Å². The van der Waals surface area contributed by atoms with E-state index in [1.807, 2.05) is 0 Å². The van der Waals surface area contributed by atoms with Gasteiger partial charge in [0.15, 0.2) is 0 Å². The van der Waals surface area contributed by atoms with Crippen LogP contribution in [0.3, 0.4) is 0 Å². The SMILES string of the molecule is Cc1ccc(F)c(C(C)(C)CO)c1F. The van der Waals surface area contributed by atoms with Crippen LogP contribution in [0.15, 0.2) is 12.1 Å². The molecule has 0 aliphatic rings. The highest BCUT2D eigenvalue weighted by Crippen LogP contribution is 2.29. The van der Waals surface area contributed by atoms with Crippen LogP contribution in [-0.4, -0.2) is 11.7 Å². The minimum atomic E-state index is -0.889. The van der Waals surface area contributed by atoms with E-state index in [-0.39, 0.29) is 12.2 Å². The van der Waals surface area contributed by atoms with Crippen LogP contribution in [0.2, 0.25) is 0 Å². The van der Waals surface area contributed by atoms with E-state index in [1.54, 1.807) is 20.8 Å². The lowest BCUT2D eigenvalue weighted by Gasteiger charge is -2.24. The first-order chi connectivity index (χ1) is 6.40. The van der Waals surface area contributed by atoms with Gasteiger partial charge in [-0.1, -0.05) is 19.9 Å². The third-order valence-corrected chi connectivity index (χ3v) is 2.36. The predicted molar refractivity (Wildman–Crippen MR) is 51.2 cm³/mol. The molecule has 0 unspecified atom stereocenters. The largest absolute Gasteiger partial charge is 0.395 e. The fourth-order valence-corrected chi connectivity index (χ4v) is 1.36. The van der Waals surface area contributed by atoms with Crippen molar-refractivity contribution in [2.75, 3.05) is 6.61 Å². The van der Waals surface area contributed by atoms with Gasteiger partial charge in [0.1, 0.15) is 11.6 Å². The van der Waals surface area contributed by atoms with E-state index in [2.05, 4.69) is 0 Å². The van der Waals surface area contributed by atoms with Crippen molar-refractivity contribution in [3.63, 3.8) is 0 Å². The van der Waals surface area contributed by atoms with Gasteiger partial charge in [0.25, 0.3) is 0 Å². The van der Waals surface area contributed by atoms with Gasteiger partial charge in [-0.25, -0.2) is 8.78 Å². The molecule has 0 aliphatic carbocycles. The summed E-state index contributed by atoms with van der Waals surface area (Å²) in [4.78, 5) is 0. The second kappa shape index (κ2) is 3.65. The summed E-state index contributed by atoms with van der Waals surface area (Å²) in [5.74, 6) is -1.17. The lowest BCUT2D eigenvalue weighted by atomic mass is 9.84. The monoisotopic (exact) mass is 200 g/mol. The van der Waals surface area contributed by atoms with Gasteiger partial charge >= 0.3 is 0 Å². The second-order valence-corrected chi connectivity index (χ2v) is 4.10.